The normalized spacial score (nSPS) is 27.3. The second-order valence-electron chi connectivity index (χ2n) is 6.69. The molecule has 21 heavy (non-hydrogen) atoms. The Labute approximate surface area is 125 Å². The van der Waals surface area contributed by atoms with Crippen molar-refractivity contribution in [3.63, 3.8) is 0 Å². The molecule has 0 bridgehead atoms. The number of hydrogen-bond donors (Lipinski definition) is 0. The fourth-order valence-electron chi connectivity index (χ4n) is 2.17. The summed E-state index contributed by atoms with van der Waals surface area (Å²) in [7, 11) is 1.23. The molecule has 0 aromatic carbocycles. The number of ether oxygens (including phenoxy) is 1. The Balaban J connectivity index is 2.13. The molecule has 6 heteroatoms. The standard InChI is InChI=1S/C15H22BF2O3/c1-14(2,19)15(3,4)21-16-10-8-9-6-5-7-20-13(9)12(18)11(10)17/h8,12-13,19H,5-7H2,1-4H3/p+1. The van der Waals surface area contributed by atoms with Crippen LogP contribution in [-0.4, -0.2) is 42.7 Å². The third kappa shape index (κ3) is 3.38. The minimum atomic E-state index is -1.77. The summed E-state index contributed by atoms with van der Waals surface area (Å²) in [5, 5.41) is 8.02. The molecular weight excluding hydrogens is 277 g/mol. The van der Waals surface area contributed by atoms with Crippen LogP contribution in [0, 0.1) is 0 Å². The first-order valence-corrected chi connectivity index (χ1v) is 7.25. The minimum Gasteiger partial charge on any atom is -0.439 e. The van der Waals surface area contributed by atoms with E-state index in [4.69, 9.17) is 14.5 Å². The summed E-state index contributed by atoms with van der Waals surface area (Å²) in [6, 6.07) is 0. The van der Waals surface area contributed by atoms with E-state index in [1.807, 2.05) is 0 Å². The molecule has 117 valence electrons. The van der Waals surface area contributed by atoms with Gasteiger partial charge in [0, 0.05) is 20.5 Å². The topological polar surface area (TPSA) is 41.4 Å². The molecular formula is C15H23BF2O3+. The van der Waals surface area contributed by atoms with Gasteiger partial charge in [-0.3, -0.25) is 0 Å². The molecule has 2 unspecified atom stereocenters. The van der Waals surface area contributed by atoms with Crippen LogP contribution in [0.25, 0.3) is 0 Å². The zero-order valence-electron chi connectivity index (χ0n) is 13.0. The first kappa shape index (κ1) is 16.7. The van der Waals surface area contributed by atoms with Crippen LogP contribution in [0.15, 0.2) is 22.9 Å². The molecule has 0 amide bonds. The summed E-state index contributed by atoms with van der Waals surface area (Å²) >= 11 is 0. The number of fused-ring (bicyclic) bond motifs is 1. The highest BCUT2D eigenvalue weighted by atomic mass is 19.2. The van der Waals surface area contributed by atoms with E-state index in [1.165, 1.54) is 7.48 Å². The zero-order valence-corrected chi connectivity index (χ0v) is 13.0. The Morgan fingerprint density at radius 3 is 2.67 bits per heavy atom. The van der Waals surface area contributed by atoms with Crippen LogP contribution in [0.3, 0.4) is 0 Å². The van der Waals surface area contributed by atoms with Crippen LogP contribution in [0.1, 0.15) is 40.5 Å². The molecule has 1 aliphatic heterocycles. The van der Waals surface area contributed by atoms with Crippen LogP contribution >= 0.6 is 0 Å². The van der Waals surface area contributed by atoms with Crippen molar-refractivity contribution in [1.82, 2.24) is 0 Å². The van der Waals surface area contributed by atoms with E-state index in [0.717, 1.165) is 12.0 Å². The predicted molar refractivity (Wildman–Crippen MR) is 78.7 cm³/mol. The zero-order chi connectivity index (χ0) is 15.8. The van der Waals surface area contributed by atoms with Crippen LogP contribution in [0.4, 0.5) is 8.78 Å². The Hall–Kier alpha value is -0.715. The van der Waals surface area contributed by atoms with Crippen molar-refractivity contribution in [3.8, 4) is 0 Å². The van der Waals surface area contributed by atoms with E-state index in [9.17, 15) is 8.78 Å². The molecule has 1 radical (unpaired) electrons. The first-order valence-electron chi connectivity index (χ1n) is 7.25. The Kier molecular flexibility index (Phi) is 4.61. The van der Waals surface area contributed by atoms with E-state index < -0.39 is 29.3 Å². The predicted octanol–water partition coefficient (Wildman–Crippen LogP) is 2.54. The molecule has 1 aliphatic carbocycles. The van der Waals surface area contributed by atoms with Crippen LogP contribution in [-0.2, 0) is 9.39 Å². The van der Waals surface area contributed by atoms with Crippen LogP contribution in [0.5, 0.6) is 0 Å². The molecule has 0 aromatic rings. The lowest BCUT2D eigenvalue weighted by Crippen LogP contribution is -2.48. The quantitative estimate of drug-likeness (QED) is 0.591. The minimum absolute atomic E-state index is 0.108. The lowest BCUT2D eigenvalue weighted by atomic mass is 9.76. The molecule has 1 heterocycles. The Morgan fingerprint density at radius 2 is 2.05 bits per heavy atom. The van der Waals surface area contributed by atoms with Crippen molar-refractivity contribution in [3.05, 3.63) is 22.9 Å². The molecule has 2 aliphatic rings. The van der Waals surface area contributed by atoms with E-state index in [2.05, 4.69) is 0 Å². The number of halogens is 2. The van der Waals surface area contributed by atoms with Gasteiger partial charge < -0.3 is 14.5 Å². The number of allylic oxidation sites excluding steroid dienone is 2. The van der Waals surface area contributed by atoms with Gasteiger partial charge in [0.25, 0.3) is 0 Å². The van der Waals surface area contributed by atoms with E-state index in [-0.39, 0.29) is 5.47 Å². The molecule has 1 fully saturated rings. The molecule has 0 saturated carbocycles. The van der Waals surface area contributed by atoms with Gasteiger partial charge in [-0.15, -0.1) is 0 Å². The van der Waals surface area contributed by atoms with Gasteiger partial charge in [0.2, 0.25) is 0 Å². The lowest BCUT2D eigenvalue weighted by Gasteiger charge is -2.35. The lowest BCUT2D eigenvalue weighted by molar-refractivity contribution is -0.0897. The summed E-state index contributed by atoms with van der Waals surface area (Å²) in [6.07, 6.45) is 0.574. The molecule has 0 spiro atoms. The third-order valence-corrected chi connectivity index (χ3v) is 4.38. The number of alkyl halides is 1. The average molecular weight is 300 g/mol. The molecule has 0 aromatic heterocycles. The summed E-state index contributed by atoms with van der Waals surface area (Å²) in [5.74, 6) is -0.857. The van der Waals surface area contributed by atoms with E-state index in [0.29, 0.717) is 13.0 Å². The summed E-state index contributed by atoms with van der Waals surface area (Å²) in [5.41, 5.74) is -0.803. The van der Waals surface area contributed by atoms with Gasteiger partial charge in [0.15, 0.2) is 11.8 Å². The highest BCUT2D eigenvalue weighted by molar-refractivity contribution is 6.39. The van der Waals surface area contributed by atoms with Gasteiger partial charge in [0.05, 0.1) is 0 Å². The van der Waals surface area contributed by atoms with Gasteiger partial charge in [-0.25, -0.2) is 8.78 Å². The molecule has 1 saturated heterocycles. The second kappa shape index (κ2) is 5.82. The second-order valence-corrected chi connectivity index (χ2v) is 6.69. The third-order valence-electron chi connectivity index (χ3n) is 4.38. The monoisotopic (exact) mass is 300 g/mol. The van der Waals surface area contributed by atoms with Crippen molar-refractivity contribution in [1.29, 1.82) is 0 Å². The first-order chi connectivity index (χ1) is 9.63. The van der Waals surface area contributed by atoms with Gasteiger partial charge in [-0.2, -0.15) is 0 Å². The largest absolute Gasteiger partial charge is 0.439 e. The van der Waals surface area contributed by atoms with Gasteiger partial charge >= 0.3 is 7.48 Å². The van der Waals surface area contributed by atoms with Gasteiger partial charge in [-0.1, -0.05) is 6.08 Å². The number of rotatable bonds is 4. The van der Waals surface area contributed by atoms with Crippen molar-refractivity contribution >= 4 is 7.48 Å². The summed E-state index contributed by atoms with van der Waals surface area (Å²) < 4.78 is 39.1. The maximum atomic E-state index is 14.1. The van der Waals surface area contributed by atoms with Crippen molar-refractivity contribution in [2.75, 3.05) is 6.61 Å². The highest BCUT2D eigenvalue weighted by Crippen LogP contribution is 2.35. The smallest absolute Gasteiger partial charge is 0.333 e. The van der Waals surface area contributed by atoms with E-state index in [1.54, 1.807) is 33.8 Å². The molecule has 3 nitrogen and oxygen atoms in total. The maximum absolute atomic E-state index is 14.1. The van der Waals surface area contributed by atoms with Crippen LogP contribution in [0.2, 0.25) is 0 Å². The molecule has 2 atom stereocenters. The van der Waals surface area contributed by atoms with Gasteiger partial charge in [-0.05, 0) is 37.7 Å². The van der Waals surface area contributed by atoms with E-state index >= 15 is 0 Å². The number of hydrogen-bond acceptors (Lipinski definition) is 2. The Morgan fingerprint density at radius 1 is 1.38 bits per heavy atom. The van der Waals surface area contributed by atoms with Gasteiger partial charge in [0.1, 0.15) is 17.5 Å². The summed E-state index contributed by atoms with van der Waals surface area (Å²) in [4.78, 5) is 0. The fourth-order valence-corrected chi connectivity index (χ4v) is 2.17. The van der Waals surface area contributed by atoms with Crippen molar-refractivity contribution in [2.45, 2.75) is 64.0 Å². The molecule has 2 N–H and O–H groups in total. The average Bonchev–Trinajstić information content (AvgIpc) is 2.40. The SMILES string of the molecule is CC(C)([OH2+])C(C)(C)O[B]C1=C(F)C(F)C2OCCCC2=C1. The van der Waals surface area contributed by atoms with Crippen LogP contribution < -0.4 is 0 Å². The van der Waals surface area contributed by atoms with Crippen molar-refractivity contribution in [2.24, 2.45) is 0 Å². The van der Waals surface area contributed by atoms with Crippen molar-refractivity contribution < 1.29 is 23.3 Å². The summed E-state index contributed by atoms with van der Waals surface area (Å²) in [6.45, 7) is 7.40. The molecule has 2 rings (SSSR count). The highest BCUT2D eigenvalue weighted by Gasteiger charge is 2.42. The Bertz CT molecular complexity index is 466. The fraction of sp³-hybridized carbons (Fsp3) is 0.733. The maximum Gasteiger partial charge on any atom is 0.333 e.